The molecular weight excluding hydrogens is 368 g/mol. The van der Waals surface area contributed by atoms with Crippen molar-refractivity contribution in [2.75, 3.05) is 11.9 Å². The van der Waals surface area contributed by atoms with E-state index in [1.54, 1.807) is 6.20 Å². The highest BCUT2D eigenvalue weighted by atomic mass is 16.5. The van der Waals surface area contributed by atoms with E-state index in [-0.39, 0.29) is 5.41 Å². The van der Waals surface area contributed by atoms with Gasteiger partial charge in [0.15, 0.2) is 11.6 Å². The summed E-state index contributed by atoms with van der Waals surface area (Å²) < 4.78 is 10.7. The highest BCUT2D eigenvalue weighted by Gasteiger charge is 2.29. The number of aryl methyl sites for hydroxylation is 1. The van der Waals surface area contributed by atoms with E-state index in [2.05, 4.69) is 51.4 Å². The van der Waals surface area contributed by atoms with Gasteiger partial charge in [0, 0.05) is 36.7 Å². The number of pyridine rings is 1. The smallest absolute Gasteiger partial charge is 0.259 e. The molecule has 8 nitrogen and oxygen atoms in total. The molecule has 3 aromatic rings. The molecule has 1 fully saturated rings. The summed E-state index contributed by atoms with van der Waals surface area (Å²) in [5.74, 6) is 3.33. The lowest BCUT2D eigenvalue weighted by molar-refractivity contribution is 0.318. The van der Waals surface area contributed by atoms with Crippen LogP contribution >= 0.6 is 0 Å². The molecule has 3 heterocycles. The maximum absolute atomic E-state index is 5.38. The standard InChI is InChI=1S/C21H28N6O2/c1-21(2,3)20-24-17(26-29-20)7-5-4-6-10-23-16-11-15(12-22-13-16)19-25-18(27-28-19)14-8-9-14/h11-14,23H,4-10H2,1-3H3. The van der Waals surface area contributed by atoms with Crippen molar-refractivity contribution in [3.05, 3.63) is 36.0 Å². The van der Waals surface area contributed by atoms with Crippen molar-refractivity contribution in [1.82, 2.24) is 25.3 Å². The molecule has 0 saturated heterocycles. The van der Waals surface area contributed by atoms with Crippen LogP contribution in [0, 0.1) is 0 Å². The molecule has 4 rings (SSSR count). The Morgan fingerprint density at radius 2 is 1.90 bits per heavy atom. The highest BCUT2D eigenvalue weighted by molar-refractivity contribution is 5.59. The van der Waals surface area contributed by atoms with Crippen LogP contribution in [0.2, 0.25) is 0 Å². The van der Waals surface area contributed by atoms with Gasteiger partial charge >= 0.3 is 0 Å². The predicted molar refractivity (Wildman–Crippen MR) is 109 cm³/mol. The highest BCUT2D eigenvalue weighted by Crippen LogP contribution is 2.38. The van der Waals surface area contributed by atoms with Crippen molar-refractivity contribution in [1.29, 1.82) is 0 Å². The van der Waals surface area contributed by atoms with E-state index in [0.717, 1.165) is 68.0 Å². The summed E-state index contributed by atoms with van der Waals surface area (Å²) in [5.41, 5.74) is 1.71. The van der Waals surface area contributed by atoms with Gasteiger partial charge in [-0.2, -0.15) is 9.97 Å². The van der Waals surface area contributed by atoms with E-state index in [0.29, 0.717) is 17.7 Å². The number of nitrogens with one attached hydrogen (secondary N) is 1. The van der Waals surface area contributed by atoms with Crippen LogP contribution in [-0.4, -0.2) is 31.8 Å². The molecule has 0 bridgehead atoms. The van der Waals surface area contributed by atoms with Gasteiger partial charge in [-0.1, -0.05) is 37.5 Å². The molecule has 0 aliphatic heterocycles. The van der Waals surface area contributed by atoms with Crippen molar-refractivity contribution in [3.8, 4) is 11.5 Å². The average molecular weight is 396 g/mol. The summed E-state index contributed by atoms with van der Waals surface area (Å²) in [7, 11) is 0. The summed E-state index contributed by atoms with van der Waals surface area (Å²) in [4.78, 5) is 13.3. The van der Waals surface area contributed by atoms with E-state index < -0.39 is 0 Å². The van der Waals surface area contributed by atoms with Crippen molar-refractivity contribution < 1.29 is 9.05 Å². The van der Waals surface area contributed by atoms with E-state index in [1.165, 1.54) is 0 Å². The largest absolute Gasteiger partial charge is 0.384 e. The Hall–Kier alpha value is -2.77. The molecule has 8 heteroatoms. The molecule has 0 unspecified atom stereocenters. The second-order valence-corrected chi connectivity index (χ2v) is 8.70. The Morgan fingerprint density at radius 1 is 1.03 bits per heavy atom. The molecule has 1 aliphatic carbocycles. The molecule has 0 atom stereocenters. The summed E-state index contributed by atoms with van der Waals surface area (Å²) in [6, 6.07) is 2.00. The van der Waals surface area contributed by atoms with Gasteiger partial charge in [0.2, 0.25) is 5.89 Å². The molecular formula is C21H28N6O2. The van der Waals surface area contributed by atoms with Crippen molar-refractivity contribution >= 4 is 5.69 Å². The second kappa shape index (κ2) is 8.31. The first-order chi connectivity index (χ1) is 14.0. The van der Waals surface area contributed by atoms with Gasteiger partial charge in [-0.25, -0.2) is 0 Å². The van der Waals surface area contributed by atoms with E-state index in [1.807, 2.05) is 12.3 Å². The monoisotopic (exact) mass is 396 g/mol. The van der Waals surface area contributed by atoms with Gasteiger partial charge in [0.05, 0.1) is 11.3 Å². The third-order valence-corrected chi connectivity index (χ3v) is 4.89. The normalized spacial score (nSPS) is 14.3. The van der Waals surface area contributed by atoms with E-state index >= 15 is 0 Å². The third kappa shape index (κ3) is 5.19. The van der Waals surface area contributed by atoms with Gasteiger partial charge < -0.3 is 14.4 Å². The fourth-order valence-corrected chi connectivity index (χ4v) is 2.99. The number of hydrogen-bond acceptors (Lipinski definition) is 8. The molecule has 0 spiro atoms. The van der Waals surface area contributed by atoms with E-state index in [9.17, 15) is 0 Å². The Kier molecular flexibility index (Phi) is 5.60. The van der Waals surface area contributed by atoms with Gasteiger partial charge in [0.25, 0.3) is 5.89 Å². The number of aromatic nitrogens is 5. The zero-order chi connectivity index (χ0) is 20.3. The topological polar surface area (TPSA) is 103 Å². The van der Waals surface area contributed by atoms with Crippen LogP contribution in [0.15, 0.2) is 27.5 Å². The SMILES string of the molecule is CC(C)(C)c1nc(CCCCCNc2cncc(-c3nc(C4CC4)no3)c2)no1. The number of rotatable bonds is 9. The third-order valence-electron chi connectivity index (χ3n) is 4.89. The van der Waals surface area contributed by atoms with Gasteiger partial charge in [-0.05, 0) is 31.7 Å². The zero-order valence-corrected chi connectivity index (χ0v) is 17.3. The lowest BCUT2D eigenvalue weighted by Gasteiger charge is -2.10. The van der Waals surface area contributed by atoms with Gasteiger partial charge in [0.1, 0.15) is 0 Å². The number of anilines is 1. The summed E-state index contributed by atoms with van der Waals surface area (Å²) in [5, 5.41) is 11.6. The van der Waals surface area contributed by atoms with Gasteiger partial charge in [-0.3, -0.25) is 4.98 Å². The Morgan fingerprint density at radius 3 is 2.66 bits per heavy atom. The second-order valence-electron chi connectivity index (χ2n) is 8.70. The zero-order valence-electron chi connectivity index (χ0n) is 17.3. The lowest BCUT2D eigenvalue weighted by Crippen LogP contribution is -2.11. The Labute approximate surface area is 170 Å². The van der Waals surface area contributed by atoms with Crippen LogP contribution in [0.25, 0.3) is 11.5 Å². The molecule has 154 valence electrons. The Bertz CT molecular complexity index is 939. The quantitative estimate of drug-likeness (QED) is 0.527. The fourth-order valence-electron chi connectivity index (χ4n) is 2.99. The van der Waals surface area contributed by atoms with Crippen LogP contribution in [-0.2, 0) is 11.8 Å². The molecule has 3 aromatic heterocycles. The van der Waals surface area contributed by atoms with E-state index in [4.69, 9.17) is 9.05 Å². The number of nitrogens with zero attached hydrogens (tertiary/aromatic N) is 5. The van der Waals surface area contributed by atoms with Crippen molar-refractivity contribution in [2.45, 2.75) is 70.6 Å². The summed E-state index contributed by atoms with van der Waals surface area (Å²) >= 11 is 0. The van der Waals surface area contributed by atoms with Crippen molar-refractivity contribution in [2.24, 2.45) is 0 Å². The van der Waals surface area contributed by atoms with Crippen LogP contribution in [0.5, 0.6) is 0 Å². The first-order valence-electron chi connectivity index (χ1n) is 10.3. The maximum Gasteiger partial charge on any atom is 0.259 e. The lowest BCUT2D eigenvalue weighted by atomic mass is 9.97. The maximum atomic E-state index is 5.38. The minimum absolute atomic E-state index is 0.0988. The minimum atomic E-state index is -0.0988. The average Bonchev–Trinajstić information content (AvgIpc) is 3.22. The fraction of sp³-hybridized carbons (Fsp3) is 0.571. The van der Waals surface area contributed by atoms with Crippen molar-refractivity contribution in [3.63, 3.8) is 0 Å². The molecule has 29 heavy (non-hydrogen) atoms. The first-order valence-corrected chi connectivity index (χ1v) is 10.3. The van der Waals surface area contributed by atoms with Crippen LogP contribution in [0.4, 0.5) is 5.69 Å². The summed E-state index contributed by atoms with van der Waals surface area (Å²) in [6.45, 7) is 7.10. The molecule has 0 aromatic carbocycles. The molecule has 0 amide bonds. The molecule has 1 aliphatic rings. The minimum Gasteiger partial charge on any atom is -0.384 e. The summed E-state index contributed by atoms with van der Waals surface area (Å²) in [6.07, 6.45) is 9.91. The van der Waals surface area contributed by atoms with Crippen LogP contribution in [0.1, 0.15) is 76.3 Å². The number of unbranched alkanes of at least 4 members (excludes halogenated alkanes) is 2. The van der Waals surface area contributed by atoms with Crippen LogP contribution < -0.4 is 5.32 Å². The number of hydrogen-bond donors (Lipinski definition) is 1. The molecule has 1 N–H and O–H groups in total. The first kappa shape index (κ1) is 19.5. The molecule has 0 radical (unpaired) electrons. The molecule has 1 saturated carbocycles. The Balaban J connectivity index is 1.19. The van der Waals surface area contributed by atoms with Gasteiger partial charge in [-0.15, -0.1) is 0 Å². The van der Waals surface area contributed by atoms with Crippen LogP contribution in [0.3, 0.4) is 0 Å². The predicted octanol–water partition coefficient (Wildman–Crippen LogP) is 4.51.